The first-order chi connectivity index (χ1) is 9.81. The van der Waals surface area contributed by atoms with E-state index in [-0.39, 0.29) is 6.10 Å². The van der Waals surface area contributed by atoms with Crippen molar-refractivity contribution in [3.63, 3.8) is 0 Å². The molecule has 0 aromatic heterocycles. The van der Waals surface area contributed by atoms with E-state index in [1.165, 1.54) is 31.4 Å². The molecule has 1 aliphatic carbocycles. The van der Waals surface area contributed by atoms with Crippen LogP contribution >= 0.6 is 0 Å². The summed E-state index contributed by atoms with van der Waals surface area (Å²) < 4.78 is 0. The maximum Gasteiger partial charge on any atom is 0.0692 e. The Morgan fingerprint density at radius 1 is 1.20 bits per heavy atom. The van der Waals surface area contributed by atoms with Gasteiger partial charge in [-0.05, 0) is 43.7 Å². The standard InChI is InChI=1S/C17H26N2O/c20-17(15-6-7-15)12-18-16-9-11-19(13-16)10-8-14-4-2-1-3-5-14/h1-5,15-18,20H,6-13H2. The van der Waals surface area contributed by atoms with Crippen LogP contribution in [0.4, 0.5) is 0 Å². The smallest absolute Gasteiger partial charge is 0.0692 e. The van der Waals surface area contributed by atoms with Crippen molar-refractivity contribution < 1.29 is 5.11 Å². The van der Waals surface area contributed by atoms with E-state index in [0.29, 0.717) is 12.0 Å². The maximum absolute atomic E-state index is 9.89. The van der Waals surface area contributed by atoms with Gasteiger partial charge >= 0.3 is 0 Å². The fourth-order valence-electron chi connectivity index (χ4n) is 3.07. The van der Waals surface area contributed by atoms with E-state index in [4.69, 9.17) is 0 Å². The molecule has 0 spiro atoms. The van der Waals surface area contributed by atoms with Gasteiger partial charge in [0.05, 0.1) is 6.10 Å². The van der Waals surface area contributed by atoms with Gasteiger partial charge in [0.1, 0.15) is 0 Å². The van der Waals surface area contributed by atoms with Crippen LogP contribution in [0.5, 0.6) is 0 Å². The van der Waals surface area contributed by atoms with E-state index in [2.05, 4.69) is 40.5 Å². The summed E-state index contributed by atoms with van der Waals surface area (Å²) in [7, 11) is 0. The van der Waals surface area contributed by atoms with Crippen molar-refractivity contribution in [3.8, 4) is 0 Å². The second kappa shape index (κ2) is 6.70. The van der Waals surface area contributed by atoms with Gasteiger partial charge in [0.15, 0.2) is 0 Å². The van der Waals surface area contributed by atoms with E-state index in [1.54, 1.807) is 0 Å². The highest BCUT2D eigenvalue weighted by molar-refractivity contribution is 5.14. The third kappa shape index (κ3) is 4.05. The highest BCUT2D eigenvalue weighted by atomic mass is 16.3. The highest BCUT2D eigenvalue weighted by Gasteiger charge is 2.30. The summed E-state index contributed by atoms with van der Waals surface area (Å²) in [5, 5.41) is 13.4. The molecule has 3 rings (SSSR count). The van der Waals surface area contributed by atoms with Crippen LogP contribution in [0.15, 0.2) is 30.3 Å². The summed E-state index contributed by atoms with van der Waals surface area (Å²) in [6, 6.07) is 11.3. The Bertz CT molecular complexity index is 405. The molecule has 0 radical (unpaired) electrons. The summed E-state index contributed by atoms with van der Waals surface area (Å²) in [5.74, 6) is 0.582. The lowest BCUT2D eigenvalue weighted by Gasteiger charge is -2.18. The zero-order chi connectivity index (χ0) is 13.8. The first kappa shape index (κ1) is 14.1. The SMILES string of the molecule is OC(CNC1CCN(CCc2ccccc2)C1)C1CC1. The van der Waals surface area contributed by atoms with Gasteiger partial charge in [-0.2, -0.15) is 0 Å². The number of rotatable bonds is 7. The number of nitrogens with one attached hydrogen (secondary N) is 1. The fraction of sp³-hybridized carbons (Fsp3) is 0.647. The molecule has 0 amide bonds. The number of aliphatic hydroxyl groups is 1. The van der Waals surface area contributed by atoms with Crippen LogP contribution in [-0.4, -0.2) is 48.3 Å². The molecular formula is C17H26N2O. The van der Waals surface area contributed by atoms with E-state index < -0.39 is 0 Å². The van der Waals surface area contributed by atoms with Gasteiger partial charge in [0.25, 0.3) is 0 Å². The van der Waals surface area contributed by atoms with Crippen LogP contribution in [0, 0.1) is 5.92 Å². The lowest BCUT2D eigenvalue weighted by molar-refractivity contribution is 0.144. The van der Waals surface area contributed by atoms with Crippen molar-refractivity contribution in [2.24, 2.45) is 5.92 Å². The Balaban J connectivity index is 1.34. The van der Waals surface area contributed by atoms with Crippen LogP contribution in [0.3, 0.4) is 0 Å². The molecule has 1 aromatic rings. The number of hydrogen-bond donors (Lipinski definition) is 2. The van der Waals surface area contributed by atoms with Crippen LogP contribution in [-0.2, 0) is 6.42 Å². The van der Waals surface area contributed by atoms with E-state index in [9.17, 15) is 5.11 Å². The first-order valence-electron chi connectivity index (χ1n) is 7.99. The van der Waals surface area contributed by atoms with Crippen LogP contribution in [0.1, 0.15) is 24.8 Å². The molecule has 2 fully saturated rings. The third-order valence-corrected chi connectivity index (χ3v) is 4.61. The van der Waals surface area contributed by atoms with Gasteiger partial charge in [0, 0.05) is 25.7 Å². The maximum atomic E-state index is 9.89. The normalized spacial score (nSPS) is 24.9. The average Bonchev–Trinajstić information content (AvgIpc) is 3.24. The zero-order valence-corrected chi connectivity index (χ0v) is 12.2. The van der Waals surface area contributed by atoms with Crippen molar-refractivity contribution in [1.82, 2.24) is 10.2 Å². The molecule has 2 atom stereocenters. The van der Waals surface area contributed by atoms with Gasteiger partial charge < -0.3 is 15.3 Å². The van der Waals surface area contributed by atoms with E-state index in [1.807, 2.05) is 0 Å². The molecule has 20 heavy (non-hydrogen) atoms. The first-order valence-corrected chi connectivity index (χ1v) is 7.99. The molecule has 110 valence electrons. The Labute approximate surface area is 122 Å². The summed E-state index contributed by atoms with van der Waals surface area (Å²) in [4.78, 5) is 2.54. The third-order valence-electron chi connectivity index (χ3n) is 4.61. The predicted octanol–water partition coefficient (Wildman–Crippen LogP) is 1.66. The predicted molar refractivity (Wildman–Crippen MR) is 81.7 cm³/mol. The molecule has 0 bridgehead atoms. The van der Waals surface area contributed by atoms with Gasteiger partial charge in [-0.15, -0.1) is 0 Å². The van der Waals surface area contributed by atoms with Crippen LogP contribution in [0.25, 0.3) is 0 Å². The summed E-state index contributed by atoms with van der Waals surface area (Å²) in [6.07, 6.45) is 4.67. The molecule has 2 aliphatic rings. The Morgan fingerprint density at radius 2 is 2.00 bits per heavy atom. The van der Waals surface area contributed by atoms with Crippen molar-refractivity contribution >= 4 is 0 Å². The quantitative estimate of drug-likeness (QED) is 0.794. The summed E-state index contributed by atoms with van der Waals surface area (Å²) in [6.45, 7) is 4.24. The van der Waals surface area contributed by atoms with E-state index >= 15 is 0 Å². The molecule has 2 N–H and O–H groups in total. The average molecular weight is 274 g/mol. The molecule has 3 nitrogen and oxygen atoms in total. The number of nitrogens with zero attached hydrogens (tertiary/aromatic N) is 1. The molecular weight excluding hydrogens is 248 g/mol. The molecule has 2 unspecified atom stereocenters. The molecule has 1 saturated heterocycles. The van der Waals surface area contributed by atoms with Gasteiger partial charge in [-0.3, -0.25) is 0 Å². The second-order valence-electron chi connectivity index (χ2n) is 6.33. The lowest BCUT2D eigenvalue weighted by Crippen LogP contribution is -2.38. The molecule has 1 heterocycles. The molecule has 1 saturated carbocycles. The van der Waals surface area contributed by atoms with Crippen molar-refractivity contribution in [2.45, 2.75) is 37.8 Å². The number of benzene rings is 1. The topological polar surface area (TPSA) is 35.5 Å². The minimum absolute atomic E-state index is 0.117. The van der Waals surface area contributed by atoms with Gasteiger partial charge in [-0.1, -0.05) is 30.3 Å². The Hall–Kier alpha value is -0.900. The lowest BCUT2D eigenvalue weighted by atomic mass is 10.1. The Morgan fingerprint density at radius 3 is 2.75 bits per heavy atom. The minimum atomic E-state index is -0.117. The molecule has 3 heteroatoms. The zero-order valence-electron chi connectivity index (χ0n) is 12.2. The number of hydrogen-bond acceptors (Lipinski definition) is 3. The number of aliphatic hydroxyl groups excluding tert-OH is 1. The monoisotopic (exact) mass is 274 g/mol. The largest absolute Gasteiger partial charge is 0.392 e. The van der Waals surface area contributed by atoms with E-state index in [0.717, 1.165) is 26.1 Å². The highest BCUT2D eigenvalue weighted by Crippen LogP contribution is 2.32. The van der Waals surface area contributed by atoms with Crippen molar-refractivity contribution in [3.05, 3.63) is 35.9 Å². The second-order valence-corrected chi connectivity index (χ2v) is 6.33. The molecule has 1 aliphatic heterocycles. The number of likely N-dealkylation sites (tertiary alicyclic amines) is 1. The fourth-order valence-corrected chi connectivity index (χ4v) is 3.07. The summed E-state index contributed by atoms with van der Waals surface area (Å²) in [5.41, 5.74) is 1.42. The Kier molecular flexibility index (Phi) is 4.71. The summed E-state index contributed by atoms with van der Waals surface area (Å²) >= 11 is 0. The van der Waals surface area contributed by atoms with Gasteiger partial charge in [0.2, 0.25) is 0 Å². The van der Waals surface area contributed by atoms with Crippen LogP contribution in [0.2, 0.25) is 0 Å². The van der Waals surface area contributed by atoms with Crippen molar-refractivity contribution in [2.75, 3.05) is 26.2 Å². The van der Waals surface area contributed by atoms with Gasteiger partial charge in [-0.25, -0.2) is 0 Å². The van der Waals surface area contributed by atoms with Crippen molar-refractivity contribution in [1.29, 1.82) is 0 Å². The minimum Gasteiger partial charge on any atom is -0.392 e. The van der Waals surface area contributed by atoms with Crippen LogP contribution < -0.4 is 5.32 Å². The molecule has 1 aromatic carbocycles.